The van der Waals surface area contributed by atoms with Crippen LogP contribution in [0.2, 0.25) is 0 Å². The first-order valence-corrected chi connectivity index (χ1v) is 4.94. The Balaban J connectivity index is 2.58. The number of aliphatic carboxylic acids is 1. The summed E-state index contributed by atoms with van der Waals surface area (Å²) in [7, 11) is 0. The van der Waals surface area contributed by atoms with Crippen LogP contribution >= 0.6 is 0 Å². The standard InChI is InChI=1S/C11H11N3O2/c1-2-8-10-7(3-4-9(15)16)5-12-11(10)14-6-13-8/h3-6H,2H2,1H3,(H,15,16)(H,12,13,14)/b4-3+. The van der Waals surface area contributed by atoms with Crippen molar-refractivity contribution in [1.29, 1.82) is 0 Å². The van der Waals surface area contributed by atoms with Crippen LogP contribution in [0.5, 0.6) is 0 Å². The number of nitrogens with zero attached hydrogens (tertiary/aromatic N) is 2. The zero-order chi connectivity index (χ0) is 11.5. The van der Waals surface area contributed by atoms with E-state index in [0.29, 0.717) is 0 Å². The van der Waals surface area contributed by atoms with E-state index in [9.17, 15) is 4.79 Å². The van der Waals surface area contributed by atoms with Crippen molar-refractivity contribution < 1.29 is 9.90 Å². The summed E-state index contributed by atoms with van der Waals surface area (Å²) in [6.07, 6.45) is 6.67. The molecule has 0 aliphatic heterocycles. The van der Waals surface area contributed by atoms with E-state index in [4.69, 9.17) is 5.11 Å². The first kappa shape index (κ1) is 10.4. The largest absolute Gasteiger partial charge is 0.478 e. The van der Waals surface area contributed by atoms with Gasteiger partial charge < -0.3 is 10.1 Å². The van der Waals surface area contributed by atoms with Gasteiger partial charge in [0.1, 0.15) is 12.0 Å². The molecular formula is C11H11N3O2. The van der Waals surface area contributed by atoms with Crippen molar-refractivity contribution in [2.75, 3.05) is 0 Å². The highest BCUT2D eigenvalue weighted by atomic mass is 16.4. The molecule has 0 radical (unpaired) electrons. The minimum Gasteiger partial charge on any atom is -0.478 e. The zero-order valence-corrected chi connectivity index (χ0v) is 8.77. The van der Waals surface area contributed by atoms with E-state index >= 15 is 0 Å². The zero-order valence-electron chi connectivity index (χ0n) is 8.77. The van der Waals surface area contributed by atoms with Gasteiger partial charge >= 0.3 is 5.97 Å². The average molecular weight is 217 g/mol. The maximum absolute atomic E-state index is 10.5. The Labute approximate surface area is 91.9 Å². The third-order valence-electron chi connectivity index (χ3n) is 2.32. The number of rotatable bonds is 3. The second-order valence-electron chi connectivity index (χ2n) is 3.31. The minimum atomic E-state index is -0.968. The molecule has 0 spiro atoms. The first-order valence-electron chi connectivity index (χ1n) is 4.94. The quantitative estimate of drug-likeness (QED) is 0.765. The molecule has 0 aromatic carbocycles. The number of hydrogen-bond donors (Lipinski definition) is 2. The molecule has 2 aromatic heterocycles. The van der Waals surface area contributed by atoms with Crippen LogP contribution in [0.1, 0.15) is 18.2 Å². The van der Waals surface area contributed by atoms with Crippen molar-refractivity contribution in [2.45, 2.75) is 13.3 Å². The van der Waals surface area contributed by atoms with E-state index in [0.717, 1.165) is 34.8 Å². The third-order valence-corrected chi connectivity index (χ3v) is 2.32. The average Bonchev–Trinajstić information content (AvgIpc) is 2.69. The molecule has 0 unspecified atom stereocenters. The van der Waals surface area contributed by atoms with Crippen LogP contribution in [0.25, 0.3) is 17.1 Å². The number of nitrogens with one attached hydrogen (secondary N) is 1. The van der Waals surface area contributed by atoms with Gasteiger partial charge in [-0.15, -0.1) is 0 Å². The van der Waals surface area contributed by atoms with Crippen molar-refractivity contribution >= 4 is 23.1 Å². The second-order valence-corrected chi connectivity index (χ2v) is 3.31. The van der Waals surface area contributed by atoms with E-state index < -0.39 is 5.97 Å². The summed E-state index contributed by atoms with van der Waals surface area (Å²) in [5.74, 6) is -0.968. The molecule has 0 saturated carbocycles. The van der Waals surface area contributed by atoms with Crippen LogP contribution in [-0.4, -0.2) is 26.0 Å². The topological polar surface area (TPSA) is 78.9 Å². The number of carboxylic acids is 1. The first-order chi connectivity index (χ1) is 7.72. The summed E-state index contributed by atoms with van der Waals surface area (Å²) < 4.78 is 0. The number of aryl methyl sites for hydroxylation is 1. The summed E-state index contributed by atoms with van der Waals surface area (Å²) in [5.41, 5.74) is 2.45. The molecule has 2 rings (SSSR count). The monoisotopic (exact) mass is 217 g/mol. The number of H-pyrrole nitrogens is 1. The van der Waals surface area contributed by atoms with Crippen LogP contribution in [-0.2, 0) is 11.2 Å². The highest BCUT2D eigenvalue weighted by Crippen LogP contribution is 2.20. The van der Waals surface area contributed by atoms with Gasteiger partial charge in [0.15, 0.2) is 0 Å². The van der Waals surface area contributed by atoms with Gasteiger partial charge in [-0.05, 0) is 12.5 Å². The fourth-order valence-corrected chi connectivity index (χ4v) is 1.61. The summed E-state index contributed by atoms with van der Waals surface area (Å²) in [4.78, 5) is 21.7. The van der Waals surface area contributed by atoms with Crippen LogP contribution in [0, 0.1) is 0 Å². The van der Waals surface area contributed by atoms with Crippen LogP contribution in [0.4, 0.5) is 0 Å². The molecule has 2 heterocycles. The number of hydrogen-bond acceptors (Lipinski definition) is 3. The van der Waals surface area contributed by atoms with Gasteiger partial charge in [0.2, 0.25) is 0 Å². The maximum Gasteiger partial charge on any atom is 0.328 e. The lowest BCUT2D eigenvalue weighted by molar-refractivity contribution is -0.131. The van der Waals surface area contributed by atoms with E-state index in [1.807, 2.05) is 6.92 Å². The molecule has 2 aromatic rings. The molecule has 5 heteroatoms. The van der Waals surface area contributed by atoms with Gasteiger partial charge in [0.25, 0.3) is 0 Å². The summed E-state index contributed by atoms with van der Waals surface area (Å²) in [5, 5.41) is 9.47. The van der Waals surface area contributed by atoms with Crippen LogP contribution < -0.4 is 0 Å². The molecule has 16 heavy (non-hydrogen) atoms. The number of fused-ring (bicyclic) bond motifs is 1. The SMILES string of the molecule is CCc1ncnc2[nH]cc(/C=C/C(=O)O)c12. The van der Waals surface area contributed by atoms with Gasteiger partial charge in [-0.2, -0.15) is 0 Å². The van der Waals surface area contributed by atoms with Crippen LogP contribution in [0.3, 0.4) is 0 Å². The molecule has 82 valence electrons. The van der Waals surface area contributed by atoms with Gasteiger partial charge in [-0.3, -0.25) is 0 Å². The predicted octanol–water partition coefficient (Wildman–Crippen LogP) is 1.62. The number of aromatic amines is 1. The van der Waals surface area contributed by atoms with Gasteiger partial charge in [-0.25, -0.2) is 14.8 Å². The lowest BCUT2D eigenvalue weighted by atomic mass is 10.1. The van der Waals surface area contributed by atoms with E-state index in [1.165, 1.54) is 6.33 Å². The fraction of sp³-hybridized carbons (Fsp3) is 0.182. The van der Waals surface area contributed by atoms with Crippen molar-refractivity contribution in [2.24, 2.45) is 0 Å². The fourth-order valence-electron chi connectivity index (χ4n) is 1.61. The van der Waals surface area contributed by atoms with Gasteiger partial charge in [0.05, 0.1) is 5.69 Å². The predicted molar refractivity (Wildman–Crippen MR) is 59.9 cm³/mol. The summed E-state index contributed by atoms with van der Waals surface area (Å²) in [6, 6.07) is 0. The molecule has 0 atom stereocenters. The second kappa shape index (κ2) is 4.14. The van der Waals surface area contributed by atoms with Crippen molar-refractivity contribution in [3.05, 3.63) is 29.9 Å². The molecule has 0 bridgehead atoms. The Morgan fingerprint density at radius 2 is 2.38 bits per heavy atom. The van der Waals surface area contributed by atoms with Gasteiger partial charge in [-0.1, -0.05) is 6.92 Å². The lowest BCUT2D eigenvalue weighted by Gasteiger charge is -1.98. The molecule has 2 N–H and O–H groups in total. The Morgan fingerprint density at radius 3 is 3.06 bits per heavy atom. The van der Waals surface area contributed by atoms with E-state index in [2.05, 4.69) is 15.0 Å². The van der Waals surface area contributed by atoms with Crippen LogP contribution in [0.15, 0.2) is 18.6 Å². The molecule has 0 amide bonds. The molecule has 0 aliphatic rings. The number of carboxylic acid groups (broad SMARTS) is 1. The Morgan fingerprint density at radius 1 is 1.56 bits per heavy atom. The Bertz CT molecular complexity index is 557. The summed E-state index contributed by atoms with van der Waals surface area (Å²) >= 11 is 0. The molecular weight excluding hydrogens is 206 g/mol. The Hall–Kier alpha value is -2.17. The molecule has 0 saturated heterocycles. The molecule has 0 aliphatic carbocycles. The third kappa shape index (κ3) is 1.79. The normalized spacial score (nSPS) is 11.3. The highest BCUT2D eigenvalue weighted by Gasteiger charge is 2.07. The Kier molecular flexibility index (Phi) is 2.68. The van der Waals surface area contributed by atoms with Crippen molar-refractivity contribution in [3.63, 3.8) is 0 Å². The van der Waals surface area contributed by atoms with Crippen molar-refractivity contribution in [3.8, 4) is 0 Å². The van der Waals surface area contributed by atoms with Crippen molar-refractivity contribution in [1.82, 2.24) is 15.0 Å². The molecule has 0 fully saturated rings. The highest BCUT2D eigenvalue weighted by molar-refractivity contribution is 5.93. The van der Waals surface area contributed by atoms with Gasteiger partial charge in [0, 0.05) is 23.2 Å². The maximum atomic E-state index is 10.5. The minimum absolute atomic E-state index is 0.733. The van der Waals surface area contributed by atoms with E-state index in [-0.39, 0.29) is 0 Å². The number of aromatic nitrogens is 3. The molecule has 5 nitrogen and oxygen atoms in total. The smallest absolute Gasteiger partial charge is 0.328 e. The lowest BCUT2D eigenvalue weighted by Crippen LogP contribution is -1.91. The number of carbonyl (C=O) groups is 1. The summed E-state index contributed by atoms with van der Waals surface area (Å²) in [6.45, 7) is 2.00. The van der Waals surface area contributed by atoms with E-state index in [1.54, 1.807) is 12.3 Å².